The van der Waals surface area contributed by atoms with Crippen LogP contribution in [0.2, 0.25) is 0 Å². The van der Waals surface area contributed by atoms with Crippen molar-refractivity contribution < 1.29 is 13.6 Å². The van der Waals surface area contributed by atoms with Crippen LogP contribution in [-0.4, -0.2) is 57.0 Å². The van der Waals surface area contributed by atoms with E-state index in [1.807, 2.05) is 24.0 Å². The monoisotopic (exact) mass is 398 g/mol. The van der Waals surface area contributed by atoms with Crippen LogP contribution in [0.4, 0.5) is 14.6 Å². The van der Waals surface area contributed by atoms with E-state index in [1.165, 1.54) is 16.8 Å². The molecule has 3 aromatic rings. The van der Waals surface area contributed by atoms with E-state index in [9.17, 15) is 13.6 Å². The topological polar surface area (TPSA) is 67.2 Å². The molecular weight excluding hydrogens is 378 g/mol. The van der Waals surface area contributed by atoms with Gasteiger partial charge in [-0.3, -0.25) is 9.48 Å². The number of anilines is 1. The van der Waals surface area contributed by atoms with Gasteiger partial charge < -0.3 is 9.80 Å². The number of aromatic nitrogens is 4. The standard InChI is InChI=1S/C20H20F2N6O/c1-12-4-7-19(24-23-12)28-10-14(11-28)26(2)20(29)18-9-17(25-27(18)3)15-6-5-13(21)8-16(15)22/h4-9,14H,10-11H2,1-3H3. The highest BCUT2D eigenvalue weighted by Crippen LogP contribution is 2.25. The van der Waals surface area contributed by atoms with E-state index in [2.05, 4.69) is 15.3 Å². The Kier molecular flexibility index (Phi) is 4.73. The molecule has 0 atom stereocenters. The van der Waals surface area contributed by atoms with E-state index < -0.39 is 11.6 Å². The Balaban J connectivity index is 1.47. The molecule has 2 aromatic heterocycles. The summed E-state index contributed by atoms with van der Waals surface area (Å²) in [5.41, 5.74) is 1.62. The molecule has 0 saturated carbocycles. The third kappa shape index (κ3) is 3.55. The summed E-state index contributed by atoms with van der Waals surface area (Å²) in [6.07, 6.45) is 0. The summed E-state index contributed by atoms with van der Waals surface area (Å²) < 4.78 is 28.6. The van der Waals surface area contributed by atoms with Gasteiger partial charge in [0.1, 0.15) is 17.3 Å². The third-order valence-electron chi connectivity index (χ3n) is 5.14. The van der Waals surface area contributed by atoms with Crippen molar-refractivity contribution in [1.29, 1.82) is 0 Å². The van der Waals surface area contributed by atoms with Crippen molar-refractivity contribution in [3.63, 3.8) is 0 Å². The predicted molar refractivity (Wildman–Crippen MR) is 103 cm³/mol. The number of aryl methyl sites for hydroxylation is 2. The fraction of sp³-hybridized carbons (Fsp3) is 0.300. The molecule has 0 N–H and O–H groups in total. The number of nitrogens with zero attached hydrogens (tertiary/aromatic N) is 6. The number of halogens is 2. The van der Waals surface area contributed by atoms with E-state index in [-0.39, 0.29) is 23.2 Å². The largest absolute Gasteiger partial charge is 0.351 e. The molecule has 0 unspecified atom stereocenters. The lowest BCUT2D eigenvalue weighted by molar-refractivity contribution is 0.0694. The van der Waals surface area contributed by atoms with Crippen LogP contribution in [0.5, 0.6) is 0 Å². The molecule has 0 radical (unpaired) electrons. The lowest BCUT2D eigenvalue weighted by Gasteiger charge is -2.44. The van der Waals surface area contributed by atoms with Crippen molar-refractivity contribution in [3.05, 3.63) is 59.4 Å². The van der Waals surface area contributed by atoms with Gasteiger partial charge in [-0.2, -0.15) is 10.2 Å². The second-order valence-corrected chi connectivity index (χ2v) is 7.17. The number of benzene rings is 1. The van der Waals surface area contributed by atoms with Crippen LogP contribution >= 0.6 is 0 Å². The zero-order valence-electron chi connectivity index (χ0n) is 16.3. The van der Waals surface area contributed by atoms with E-state index in [0.29, 0.717) is 18.8 Å². The van der Waals surface area contributed by atoms with Crippen LogP contribution in [0.25, 0.3) is 11.3 Å². The minimum absolute atomic E-state index is 0.0199. The molecule has 0 aliphatic carbocycles. The molecule has 1 fully saturated rings. The zero-order valence-corrected chi connectivity index (χ0v) is 16.3. The molecule has 1 aromatic carbocycles. The Morgan fingerprint density at radius 1 is 1.14 bits per heavy atom. The Bertz CT molecular complexity index is 1060. The predicted octanol–water partition coefficient (Wildman–Crippen LogP) is 2.42. The molecule has 1 aliphatic rings. The quantitative estimate of drug-likeness (QED) is 0.675. The molecule has 1 saturated heterocycles. The molecule has 7 nitrogen and oxygen atoms in total. The van der Waals surface area contributed by atoms with Gasteiger partial charge in [-0.1, -0.05) is 0 Å². The second kappa shape index (κ2) is 7.23. The molecule has 3 heterocycles. The highest BCUT2D eigenvalue weighted by molar-refractivity contribution is 5.94. The molecule has 150 valence electrons. The summed E-state index contributed by atoms with van der Waals surface area (Å²) in [5, 5.41) is 12.4. The minimum Gasteiger partial charge on any atom is -0.351 e. The number of rotatable bonds is 4. The summed E-state index contributed by atoms with van der Waals surface area (Å²) in [6, 6.07) is 8.63. The van der Waals surface area contributed by atoms with E-state index in [0.717, 1.165) is 23.6 Å². The van der Waals surface area contributed by atoms with Gasteiger partial charge >= 0.3 is 0 Å². The highest BCUT2D eigenvalue weighted by atomic mass is 19.1. The van der Waals surface area contributed by atoms with Crippen LogP contribution in [0.1, 0.15) is 16.2 Å². The van der Waals surface area contributed by atoms with Crippen molar-refractivity contribution in [3.8, 4) is 11.3 Å². The second-order valence-electron chi connectivity index (χ2n) is 7.17. The fourth-order valence-corrected chi connectivity index (χ4v) is 3.29. The average Bonchev–Trinajstić information content (AvgIpc) is 3.02. The van der Waals surface area contributed by atoms with Crippen molar-refractivity contribution >= 4 is 11.7 Å². The average molecular weight is 398 g/mol. The summed E-state index contributed by atoms with van der Waals surface area (Å²) in [6.45, 7) is 3.18. The van der Waals surface area contributed by atoms with E-state index >= 15 is 0 Å². The SMILES string of the molecule is Cc1ccc(N2CC(N(C)C(=O)c3cc(-c4ccc(F)cc4F)nn3C)C2)nn1. The first-order chi connectivity index (χ1) is 13.8. The van der Waals surface area contributed by atoms with Crippen LogP contribution < -0.4 is 4.90 Å². The lowest BCUT2D eigenvalue weighted by Crippen LogP contribution is -2.60. The number of hydrogen-bond acceptors (Lipinski definition) is 5. The summed E-state index contributed by atoms with van der Waals surface area (Å²) >= 11 is 0. The highest BCUT2D eigenvalue weighted by Gasteiger charge is 2.34. The molecule has 0 spiro atoms. The molecule has 29 heavy (non-hydrogen) atoms. The van der Waals surface area contributed by atoms with Crippen molar-refractivity contribution in [1.82, 2.24) is 24.9 Å². The Morgan fingerprint density at radius 2 is 1.90 bits per heavy atom. The van der Waals surface area contributed by atoms with Gasteiger partial charge in [0.25, 0.3) is 5.91 Å². The summed E-state index contributed by atoms with van der Waals surface area (Å²) in [5.74, 6) is -0.814. The summed E-state index contributed by atoms with van der Waals surface area (Å²) in [4.78, 5) is 16.6. The van der Waals surface area contributed by atoms with Crippen LogP contribution in [0, 0.1) is 18.6 Å². The first kappa shape index (κ1) is 19.0. The van der Waals surface area contributed by atoms with E-state index in [4.69, 9.17) is 0 Å². The number of amides is 1. The summed E-state index contributed by atoms with van der Waals surface area (Å²) in [7, 11) is 3.36. The van der Waals surface area contributed by atoms with Crippen molar-refractivity contribution in [2.75, 3.05) is 25.0 Å². The van der Waals surface area contributed by atoms with Crippen molar-refractivity contribution in [2.24, 2.45) is 7.05 Å². The Labute approximate surface area is 166 Å². The minimum atomic E-state index is -0.718. The zero-order chi connectivity index (χ0) is 20.7. The molecule has 9 heteroatoms. The van der Waals surface area contributed by atoms with Crippen LogP contribution in [-0.2, 0) is 7.05 Å². The fourth-order valence-electron chi connectivity index (χ4n) is 3.29. The van der Waals surface area contributed by atoms with Gasteiger partial charge in [0.05, 0.1) is 17.4 Å². The number of carbonyl (C=O) groups is 1. The normalized spacial score (nSPS) is 14.0. The molecular formula is C20H20F2N6O. The van der Waals surface area contributed by atoms with Gasteiger partial charge in [0.15, 0.2) is 5.82 Å². The molecule has 4 rings (SSSR count). The van der Waals surface area contributed by atoms with E-state index in [1.54, 1.807) is 19.0 Å². The maximum atomic E-state index is 14.1. The Hall–Kier alpha value is -3.36. The number of carbonyl (C=O) groups excluding carboxylic acids is 1. The van der Waals surface area contributed by atoms with Gasteiger partial charge in [-0.15, -0.1) is 5.10 Å². The lowest BCUT2D eigenvalue weighted by atomic mass is 10.1. The maximum absolute atomic E-state index is 14.1. The van der Waals surface area contributed by atoms with Gasteiger partial charge in [-0.25, -0.2) is 8.78 Å². The first-order valence-corrected chi connectivity index (χ1v) is 9.15. The first-order valence-electron chi connectivity index (χ1n) is 9.15. The Morgan fingerprint density at radius 3 is 2.55 bits per heavy atom. The van der Waals surface area contributed by atoms with Gasteiger partial charge in [0, 0.05) is 38.8 Å². The molecule has 1 amide bonds. The van der Waals surface area contributed by atoms with Gasteiger partial charge in [-0.05, 0) is 37.3 Å². The third-order valence-corrected chi connectivity index (χ3v) is 5.14. The van der Waals surface area contributed by atoms with Crippen LogP contribution in [0.3, 0.4) is 0 Å². The smallest absolute Gasteiger partial charge is 0.272 e. The number of likely N-dealkylation sites (N-methyl/N-ethyl adjacent to an activating group) is 1. The molecule has 1 aliphatic heterocycles. The maximum Gasteiger partial charge on any atom is 0.272 e. The van der Waals surface area contributed by atoms with Gasteiger partial charge in [0.2, 0.25) is 0 Å². The number of hydrogen-bond donors (Lipinski definition) is 0. The van der Waals surface area contributed by atoms with Crippen molar-refractivity contribution in [2.45, 2.75) is 13.0 Å². The molecule has 0 bridgehead atoms. The van der Waals surface area contributed by atoms with Crippen LogP contribution in [0.15, 0.2) is 36.4 Å².